The van der Waals surface area contributed by atoms with Gasteiger partial charge < -0.3 is 24.4 Å². The first-order valence-electron chi connectivity index (χ1n) is 8.14. The number of halogens is 1. The van der Waals surface area contributed by atoms with Gasteiger partial charge in [-0.05, 0) is 32.0 Å². The van der Waals surface area contributed by atoms with Gasteiger partial charge in [0, 0.05) is 25.2 Å². The van der Waals surface area contributed by atoms with Crippen LogP contribution < -0.4 is 14.8 Å². The first kappa shape index (κ1) is 19.6. The quantitative estimate of drug-likeness (QED) is 0.615. The number of carbonyl (C=O) groups is 1. The number of esters is 1. The molecule has 1 aliphatic heterocycles. The van der Waals surface area contributed by atoms with E-state index in [0.717, 1.165) is 19.4 Å². The molecule has 1 aliphatic rings. The zero-order valence-electron chi connectivity index (χ0n) is 14.6. The summed E-state index contributed by atoms with van der Waals surface area (Å²) in [5.41, 5.74) is 0.659. The number of ether oxygens (including phenoxy) is 3. The first-order chi connectivity index (χ1) is 12.0. The number of nitrogens with one attached hydrogen (secondary N) is 1. The van der Waals surface area contributed by atoms with Crippen LogP contribution in [-0.4, -0.2) is 49.9 Å². The topological polar surface area (TPSA) is 60.0 Å². The molecule has 1 aromatic carbocycles. The summed E-state index contributed by atoms with van der Waals surface area (Å²) < 4.78 is 15.7. The second kappa shape index (κ2) is 9.10. The molecule has 138 valence electrons. The van der Waals surface area contributed by atoms with Crippen molar-refractivity contribution in [3.63, 3.8) is 0 Å². The molecule has 1 aromatic rings. The maximum Gasteiger partial charge on any atom is 0.310 e. The van der Waals surface area contributed by atoms with Gasteiger partial charge in [0.15, 0.2) is 5.11 Å². The lowest BCUT2D eigenvalue weighted by molar-refractivity contribution is -0.149. The molecule has 0 bridgehead atoms. The molecular weight excluding hydrogens is 364 g/mol. The van der Waals surface area contributed by atoms with E-state index in [4.69, 9.17) is 38.0 Å². The smallest absolute Gasteiger partial charge is 0.310 e. The highest BCUT2D eigenvalue weighted by Gasteiger charge is 2.28. The van der Waals surface area contributed by atoms with Crippen LogP contribution in [0, 0.1) is 5.92 Å². The van der Waals surface area contributed by atoms with Crippen molar-refractivity contribution in [2.24, 2.45) is 5.92 Å². The molecule has 1 atom stereocenters. The van der Waals surface area contributed by atoms with E-state index in [0.29, 0.717) is 40.5 Å². The Bertz CT molecular complexity index is 641. The number of thiocarbonyl (C=S) groups is 1. The lowest BCUT2D eigenvalue weighted by Crippen LogP contribution is -2.44. The summed E-state index contributed by atoms with van der Waals surface area (Å²) in [7, 11) is 3.11. The van der Waals surface area contributed by atoms with Crippen molar-refractivity contribution in [3.05, 3.63) is 17.2 Å². The maximum atomic E-state index is 12.0. The van der Waals surface area contributed by atoms with E-state index in [-0.39, 0.29) is 11.9 Å². The highest BCUT2D eigenvalue weighted by atomic mass is 35.5. The molecular formula is C17H23ClN2O4S. The average Bonchev–Trinajstić information content (AvgIpc) is 2.63. The van der Waals surface area contributed by atoms with Crippen LogP contribution in [0.15, 0.2) is 12.1 Å². The number of rotatable bonds is 5. The van der Waals surface area contributed by atoms with E-state index in [1.54, 1.807) is 26.4 Å². The van der Waals surface area contributed by atoms with Crippen molar-refractivity contribution in [1.29, 1.82) is 0 Å². The Morgan fingerprint density at radius 1 is 1.36 bits per heavy atom. The molecule has 1 saturated heterocycles. The van der Waals surface area contributed by atoms with Crippen molar-refractivity contribution in [1.82, 2.24) is 4.90 Å². The van der Waals surface area contributed by atoms with E-state index in [9.17, 15) is 4.79 Å². The van der Waals surface area contributed by atoms with Gasteiger partial charge in [-0.3, -0.25) is 4.79 Å². The fourth-order valence-electron chi connectivity index (χ4n) is 2.77. The molecule has 0 aromatic heterocycles. The Balaban J connectivity index is 2.10. The van der Waals surface area contributed by atoms with E-state index in [2.05, 4.69) is 5.32 Å². The molecule has 2 rings (SSSR count). The third-order valence-electron chi connectivity index (χ3n) is 4.04. The third-order valence-corrected chi connectivity index (χ3v) is 4.70. The van der Waals surface area contributed by atoms with Gasteiger partial charge in [-0.2, -0.15) is 0 Å². The van der Waals surface area contributed by atoms with Crippen LogP contribution in [0.4, 0.5) is 5.69 Å². The van der Waals surface area contributed by atoms with Crippen molar-refractivity contribution in [2.75, 3.05) is 39.2 Å². The molecule has 8 heteroatoms. The standard InChI is InChI=1S/C17H23ClN2O4S/c1-4-24-16(21)11-6-5-7-20(10-11)17(25)19-13-9-14(22-2)12(18)8-15(13)23-3/h8-9,11H,4-7,10H2,1-3H3,(H,19,25)/t11-/m0/s1. The molecule has 0 aliphatic carbocycles. The van der Waals surface area contributed by atoms with Crippen molar-refractivity contribution in [3.8, 4) is 11.5 Å². The second-order valence-corrected chi connectivity index (χ2v) is 6.45. The predicted octanol–water partition coefficient (Wildman–Crippen LogP) is 3.33. The summed E-state index contributed by atoms with van der Waals surface area (Å²) in [4.78, 5) is 14.0. The normalized spacial score (nSPS) is 17.0. The summed E-state index contributed by atoms with van der Waals surface area (Å²) in [5.74, 6) is 0.763. The first-order valence-corrected chi connectivity index (χ1v) is 8.92. The Hall–Kier alpha value is -1.73. The number of piperidine rings is 1. The molecule has 1 fully saturated rings. The minimum Gasteiger partial charge on any atom is -0.495 e. The molecule has 25 heavy (non-hydrogen) atoms. The summed E-state index contributed by atoms with van der Waals surface area (Å²) in [5, 5.41) is 4.15. The predicted molar refractivity (Wildman–Crippen MR) is 102 cm³/mol. The number of carbonyl (C=O) groups excluding carboxylic acids is 1. The summed E-state index contributed by atoms with van der Waals surface area (Å²) in [6.45, 7) is 3.52. The zero-order valence-corrected chi connectivity index (χ0v) is 16.2. The van der Waals surface area contributed by atoms with Crippen LogP contribution in [0.2, 0.25) is 5.02 Å². The van der Waals surface area contributed by atoms with Gasteiger partial charge in [0.2, 0.25) is 0 Å². The zero-order chi connectivity index (χ0) is 18.4. The maximum absolute atomic E-state index is 12.0. The number of hydrogen-bond acceptors (Lipinski definition) is 5. The Kier molecular flexibility index (Phi) is 7.13. The molecule has 6 nitrogen and oxygen atoms in total. The highest BCUT2D eigenvalue weighted by molar-refractivity contribution is 7.80. The lowest BCUT2D eigenvalue weighted by Gasteiger charge is -2.33. The van der Waals surface area contributed by atoms with Crippen molar-refractivity contribution >= 4 is 40.6 Å². The van der Waals surface area contributed by atoms with Crippen LogP contribution in [0.3, 0.4) is 0 Å². The van der Waals surface area contributed by atoms with Crippen LogP contribution in [0.5, 0.6) is 11.5 Å². The van der Waals surface area contributed by atoms with Crippen LogP contribution in [0.1, 0.15) is 19.8 Å². The summed E-state index contributed by atoms with van der Waals surface area (Å²) >= 11 is 11.6. The monoisotopic (exact) mass is 386 g/mol. The van der Waals surface area contributed by atoms with Gasteiger partial charge in [0.25, 0.3) is 0 Å². The van der Waals surface area contributed by atoms with Crippen LogP contribution in [0.25, 0.3) is 0 Å². The van der Waals surface area contributed by atoms with E-state index >= 15 is 0 Å². The average molecular weight is 387 g/mol. The van der Waals surface area contributed by atoms with E-state index in [1.807, 2.05) is 11.8 Å². The Morgan fingerprint density at radius 2 is 2.08 bits per heavy atom. The molecule has 0 radical (unpaired) electrons. The van der Waals surface area contributed by atoms with Crippen molar-refractivity contribution in [2.45, 2.75) is 19.8 Å². The Morgan fingerprint density at radius 3 is 2.72 bits per heavy atom. The SMILES string of the molecule is CCOC(=O)[C@H]1CCCN(C(=S)Nc2cc(OC)c(Cl)cc2OC)C1. The van der Waals surface area contributed by atoms with E-state index in [1.165, 1.54) is 0 Å². The molecule has 1 N–H and O–H groups in total. The van der Waals surface area contributed by atoms with E-state index < -0.39 is 0 Å². The number of likely N-dealkylation sites (tertiary alicyclic amines) is 1. The molecule has 0 spiro atoms. The minimum absolute atomic E-state index is 0.157. The van der Waals surface area contributed by atoms with Crippen molar-refractivity contribution < 1.29 is 19.0 Å². The fourth-order valence-corrected chi connectivity index (χ4v) is 3.27. The number of hydrogen-bond donors (Lipinski definition) is 1. The third kappa shape index (κ3) is 4.89. The Labute approximate surface area is 158 Å². The largest absolute Gasteiger partial charge is 0.495 e. The number of anilines is 1. The molecule has 1 heterocycles. The molecule has 0 amide bonds. The van der Waals surface area contributed by atoms with Crippen LogP contribution in [-0.2, 0) is 9.53 Å². The summed E-state index contributed by atoms with van der Waals surface area (Å²) in [6, 6.07) is 3.41. The van der Waals surface area contributed by atoms with Gasteiger partial charge >= 0.3 is 5.97 Å². The van der Waals surface area contributed by atoms with Gasteiger partial charge in [-0.1, -0.05) is 11.6 Å². The van der Waals surface area contributed by atoms with Crippen LogP contribution >= 0.6 is 23.8 Å². The number of methoxy groups -OCH3 is 2. The molecule has 0 saturated carbocycles. The van der Waals surface area contributed by atoms with Gasteiger partial charge in [-0.25, -0.2) is 0 Å². The highest BCUT2D eigenvalue weighted by Crippen LogP contribution is 2.36. The number of nitrogens with zero attached hydrogens (tertiary/aromatic N) is 1. The summed E-state index contributed by atoms with van der Waals surface area (Å²) in [6.07, 6.45) is 1.70. The minimum atomic E-state index is -0.166. The van der Waals surface area contributed by atoms with Gasteiger partial charge in [0.05, 0.1) is 37.5 Å². The van der Waals surface area contributed by atoms with Gasteiger partial charge in [0.1, 0.15) is 11.5 Å². The number of benzene rings is 1. The molecule has 0 unspecified atom stereocenters. The van der Waals surface area contributed by atoms with Gasteiger partial charge in [-0.15, -0.1) is 0 Å². The second-order valence-electron chi connectivity index (χ2n) is 5.65. The lowest BCUT2D eigenvalue weighted by atomic mass is 9.98. The fraction of sp³-hybridized carbons (Fsp3) is 0.529.